The summed E-state index contributed by atoms with van der Waals surface area (Å²) in [7, 11) is 0. The highest BCUT2D eigenvalue weighted by molar-refractivity contribution is 9.10. The average Bonchev–Trinajstić information content (AvgIpc) is 2.44. The van der Waals surface area contributed by atoms with Crippen LogP contribution in [0.25, 0.3) is 5.82 Å². The fraction of sp³-hybridized carbons (Fsp3) is 0.300. The van der Waals surface area contributed by atoms with Crippen molar-refractivity contribution in [1.29, 1.82) is 0 Å². The monoisotopic (exact) mass is 300 g/mol. The van der Waals surface area contributed by atoms with E-state index in [-0.39, 0.29) is 0 Å². The maximum atomic E-state index is 6.09. The van der Waals surface area contributed by atoms with E-state index in [1.165, 1.54) is 0 Å². The van der Waals surface area contributed by atoms with Crippen LogP contribution in [0.15, 0.2) is 10.7 Å². The molecule has 0 aromatic carbocycles. The highest BCUT2D eigenvalue weighted by atomic mass is 79.9. The summed E-state index contributed by atoms with van der Waals surface area (Å²) in [6.45, 7) is 5.62. The summed E-state index contributed by atoms with van der Waals surface area (Å²) in [5.41, 5.74) is 1.68. The van der Waals surface area contributed by atoms with Crippen LogP contribution in [-0.2, 0) is 0 Å². The van der Waals surface area contributed by atoms with E-state index in [1.54, 1.807) is 4.68 Å². The Hall–Kier alpha value is -0.940. The molecule has 2 rings (SSSR count). The van der Waals surface area contributed by atoms with E-state index in [0.29, 0.717) is 16.7 Å². The van der Waals surface area contributed by atoms with E-state index < -0.39 is 0 Å². The molecule has 4 nitrogen and oxygen atoms in total. The minimum absolute atomic E-state index is 0.674. The van der Waals surface area contributed by atoms with Gasteiger partial charge in [-0.25, -0.2) is 14.6 Å². The Balaban J connectivity index is 2.62. The Morgan fingerprint density at radius 2 is 1.94 bits per heavy atom. The molecule has 84 valence electrons. The molecule has 0 atom stereocenters. The van der Waals surface area contributed by atoms with Gasteiger partial charge in [0, 0.05) is 6.07 Å². The molecule has 0 radical (unpaired) electrons. The Labute approximate surface area is 107 Å². The molecule has 0 aliphatic rings. The number of halogens is 2. The van der Waals surface area contributed by atoms with Crippen LogP contribution < -0.4 is 0 Å². The van der Waals surface area contributed by atoms with Crippen LogP contribution in [0.1, 0.15) is 17.2 Å². The van der Waals surface area contributed by atoms with Crippen molar-refractivity contribution < 1.29 is 0 Å². The molecule has 0 saturated carbocycles. The van der Waals surface area contributed by atoms with Crippen LogP contribution >= 0.6 is 27.5 Å². The minimum atomic E-state index is 0.674. The quantitative estimate of drug-likeness (QED) is 0.761. The van der Waals surface area contributed by atoms with Gasteiger partial charge in [-0.15, -0.1) is 0 Å². The summed E-state index contributed by atoms with van der Waals surface area (Å²) in [4.78, 5) is 8.47. The maximum absolute atomic E-state index is 6.09. The van der Waals surface area contributed by atoms with Gasteiger partial charge in [-0.1, -0.05) is 11.6 Å². The van der Waals surface area contributed by atoms with Gasteiger partial charge in [-0.05, 0) is 36.7 Å². The molecule has 2 aromatic heterocycles. The summed E-state index contributed by atoms with van der Waals surface area (Å²) >= 11 is 9.42. The molecule has 0 unspecified atom stereocenters. The number of rotatable bonds is 1. The van der Waals surface area contributed by atoms with Crippen molar-refractivity contribution in [3.05, 3.63) is 32.9 Å². The zero-order valence-electron chi connectivity index (χ0n) is 9.12. The highest BCUT2D eigenvalue weighted by Gasteiger charge is 2.12. The molecule has 2 heterocycles. The Bertz CT molecular complexity index is 530. The maximum Gasteiger partial charge on any atom is 0.158 e. The van der Waals surface area contributed by atoms with Gasteiger partial charge < -0.3 is 0 Å². The topological polar surface area (TPSA) is 43.6 Å². The van der Waals surface area contributed by atoms with Gasteiger partial charge in [0.05, 0.1) is 16.4 Å². The molecule has 0 saturated heterocycles. The molecular weight excluding hydrogens is 291 g/mol. The average molecular weight is 302 g/mol. The molecule has 0 amide bonds. The van der Waals surface area contributed by atoms with Gasteiger partial charge in [0.1, 0.15) is 10.4 Å². The van der Waals surface area contributed by atoms with Gasteiger partial charge >= 0.3 is 0 Å². The van der Waals surface area contributed by atoms with Gasteiger partial charge in [0.25, 0.3) is 0 Å². The van der Waals surface area contributed by atoms with Gasteiger partial charge in [0.2, 0.25) is 0 Å². The molecule has 2 aromatic rings. The summed E-state index contributed by atoms with van der Waals surface area (Å²) in [6.07, 6.45) is 0. The first-order chi connectivity index (χ1) is 7.49. The fourth-order valence-electron chi connectivity index (χ4n) is 1.47. The van der Waals surface area contributed by atoms with E-state index in [1.807, 2.05) is 26.8 Å². The molecule has 6 heteroatoms. The van der Waals surface area contributed by atoms with E-state index >= 15 is 0 Å². The van der Waals surface area contributed by atoms with Gasteiger partial charge in [-0.3, -0.25) is 0 Å². The molecule has 0 bridgehead atoms. The molecular formula is C10H10BrClN4. The van der Waals surface area contributed by atoms with Crippen molar-refractivity contribution in [3.63, 3.8) is 0 Å². The van der Waals surface area contributed by atoms with Crippen molar-refractivity contribution in [2.24, 2.45) is 0 Å². The first-order valence-corrected chi connectivity index (χ1v) is 5.89. The van der Waals surface area contributed by atoms with Gasteiger partial charge in [-0.2, -0.15) is 5.10 Å². The van der Waals surface area contributed by atoms with Crippen LogP contribution in [0.5, 0.6) is 0 Å². The standard InChI is InChI=1S/C10H10BrClN4/c1-5-10(12)6(2)16(15-5)9-4-8(11)13-7(3)14-9/h4H,1-3H3. The summed E-state index contributed by atoms with van der Waals surface area (Å²) in [5.74, 6) is 1.40. The lowest BCUT2D eigenvalue weighted by Crippen LogP contribution is -2.04. The Morgan fingerprint density at radius 3 is 2.44 bits per heavy atom. The number of hydrogen-bond acceptors (Lipinski definition) is 3. The van der Waals surface area contributed by atoms with Gasteiger partial charge in [0.15, 0.2) is 5.82 Å². The SMILES string of the molecule is Cc1nc(Br)cc(-n2nc(C)c(Cl)c2C)n1. The second kappa shape index (κ2) is 4.14. The zero-order chi connectivity index (χ0) is 11.9. The van der Waals surface area contributed by atoms with Crippen LogP contribution in [0.2, 0.25) is 5.02 Å². The molecule has 0 fully saturated rings. The van der Waals surface area contributed by atoms with Crippen molar-refractivity contribution in [2.75, 3.05) is 0 Å². The second-order valence-corrected chi connectivity index (χ2v) is 4.68. The summed E-state index contributed by atoms with van der Waals surface area (Å²) in [6, 6.07) is 1.81. The first kappa shape index (κ1) is 11.5. The zero-order valence-corrected chi connectivity index (χ0v) is 11.5. The van der Waals surface area contributed by atoms with Crippen LogP contribution in [0, 0.1) is 20.8 Å². The normalized spacial score (nSPS) is 10.8. The molecule has 0 aliphatic heterocycles. The third kappa shape index (κ3) is 1.97. The Morgan fingerprint density at radius 1 is 1.25 bits per heavy atom. The second-order valence-electron chi connectivity index (χ2n) is 3.49. The first-order valence-electron chi connectivity index (χ1n) is 4.72. The fourth-order valence-corrected chi connectivity index (χ4v) is 2.05. The summed E-state index contributed by atoms with van der Waals surface area (Å²) in [5, 5.41) is 5.01. The Kier molecular flexibility index (Phi) is 2.99. The van der Waals surface area contributed by atoms with Crippen molar-refractivity contribution in [1.82, 2.24) is 19.7 Å². The van der Waals surface area contributed by atoms with Crippen molar-refractivity contribution in [3.8, 4) is 5.82 Å². The largest absolute Gasteiger partial charge is 0.226 e. The predicted octanol–water partition coefficient (Wildman–Crippen LogP) is 3.00. The number of aryl methyl sites for hydroxylation is 2. The number of hydrogen-bond donors (Lipinski definition) is 0. The van der Waals surface area contributed by atoms with Crippen LogP contribution in [0.4, 0.5) is 0 Å². The third-order valence-electron chi connectivity index (χ3n) is 2.21. The minimum Gasteiger partial charge on any atom is -0.226 e. The molecule has 16 heavy (non-hydrogen) atoms. The highest BCUT2D eigenvalue weighted by Crippen LogP contribution is 2.22. The lowest BCUT2D eigenvalue weighted by atomic mass is 10.4. The van der Waals surface area contributed by atoms with E-state index in [0.717, 1.165) is 16.0 Å². The smallest absolute Gasteiger partial charge is 0.158 e. The lowest BCUT2D eigenvalue weighted by molar-refractivity contribution is 0.790. The summed E-state index contributed by atoms with van der Waals surface area (Å²) < 4.78 is 2.45. The number of aromatic nitrogens is 4. The van der Waals surface area contributed by atoms with E-state index in [2.05, 4.69) is 31.0 Å². The number of nitrogens with zero attached hydrogens (tertiary/aromatic N) is 4. The predicted molar refractivity (Wildman–Crippen MR) is 66.1 cm³/mol. The van der Waals surface area contributed by atoms with E-state index in [4.69, 9.17) is 11.6 Å². The van der Waals surface area contributed by atoms with E-state index in [9.17, 15) is 0 Å². The van der Waals surface area contributed by atoms with Crippen LogP contribution in [0.3, 0.4) is 0 Å². The molecule has 0 spiro atoms. The lowest BCUT2D eigenvalue weighted by Gasteiger charge is -2.04. The molecule has 0 N–H and O–H groups in total. The van der Waals surface area contributed by atoms with Crippen molar-refractivity contribution in [2.45, 2.75) is 20.8 Å². The molecule has 0 aliphatic carbocycles. The third-order valence-corrected chi connectivity index (χ3v) is 3.17. The van der Waals surface area contributed by atoms with Crippen molar-refractivity contribution >= 4 is 27.5 Å². The van der Waals surface area contributed by atoms with Crippen LogP contribution in [-0.4, -0.2) is 19.7 Å².